The quantitative estimate of drug-likeness (QED) is 0.756. The first-order valence-corrected chi connectivity index (χ1v) is 7.27. The Labute approximate surface area is 122 Å². The van der Waals surface area contributed by atoms with Crippen molar-refractivity contribution in [1.29, 1.82) is 0 Å². The number of aryl methyl sites for hydroxylation is 1. The van der Waals surface area contributed by atoms with Crippen molar-refractivity contribution in [3.05, 3.63) is 59.2 Å². The van der Waals surface area contributed by atoms with Gasteiger partial charge in [0.15, 0.2) is 11.5 Å². The molecule has 0 aliphatic rings. The maximum absolute atomic E-state index is 5.89. The van der Waals surface area contributed by atoms with Crippen LogP contribution in [0.25, 0.3) is 0 Å². The molecule has 0 radical (unpaired) electrons. The lowest BCUT2D eigenvalue weighted by atomic mass is 10.1. The molecule has 0 aliphatic carbocycles. The van der Waals surface area contributed by atoms with Gasteiger partial charge >= 0.3 is 0 Å². The van der Waals surface area contributed by atoms with E-state index in [4.69, 9.17) is 9.47 Å². The van der Waals surface area contributed by atoms with Gasteiger partial charge in [0.05, 0.1) is 7.11 Å². The van der Waals surface area contributed by atoms with Crippen LogP contribution in [0.15, 0.2) is 42.5 Å². The lowest BCUT2D eigenvalue weighted by Gasteiger charge is -2.14. The van der Waals surface area contributed by atoms with Gasteiger partial charge in [-0.1, -0.05) is 52.3 Å². The summed E-state index contributed by atoms with van der Waals surface area (Å²) in [6.07, 6.45) is 0. The Bertz CT molecular complexity index is 538. The van der Waals surface area contributed by atoms with Gasteiger partial charge in [0.1, 0.15) is 6.61 Å². The topological polar surface area (TPSA) is 18.5 Å². The van der Waals surface area contributed by atoms with E-state index in [1.165, 1.54) is 5.56 Å². The zero-order valence-corrected chi connectivity index (χ0v) is 12.7. The largest absolute Gasteiger partial charge is 0.493 e. The highest BCUT2D eigenvalue weighted by atomic mass is 79.9. The Morgan fingerprint density at radius 3 is 2.42 bits per heavy atom. The van der Waals surface area contributed by atoms with Gasteiger partial charge < -0.3 is 9.47 Å². The summed E-state index contributed by atoms with van der Waals surface area (Å²) in [6.45, 7) is 2.57. The van der Waals surface area contributed by atoms with E-state index >= 15 is 0 Å². The average molecular weight is 321 g/mol. The summed E-state index contributed by atoms with van der Waals surface area (Å²) in [5.74, 6) is 1.60. The van der Waals surface area contributed by atoms with E-state index in [1.54, 1.807) is 7.11 Å². The number of rotatable bonds is 5. The second-order valence-corrected chi connectivity index (χ2v) is 4.91. The van der Waals surface area contributed by atoms with Gasteiger partial charge in [-0.15, -0.1) is 0 Å². The molecule has 0 atom stereocenters. The summed E-state index contributed by atoms with van der Waals surface area (Å²) in [5.41, 5.74) is 3.41. The fourth-order valence-electron chi connectivity index (χ4n) is 1.99. The lowest BCUT2D eigenvalue weighted by molar-refractivity contribution is 0.283. The molecular weight excluding hydrogens is 304 g/mol. The van der Waals surface area contributed by atoms with Gasteiger partial charge in [0.25, 0.3) is 0 Å². The molecule has 2 aromatic rings. The number of halogens is 1. The molecule has 0 saturated heterocycles. The molecule has 100 valence electrons. The minimum absolute atomic E-state index is 0.544. The normalized spacial score (nSPS) is 10.3. The Hall–Kier alpha value is -1.48. The van der Waals surface area contributed by atoms with Crippen LogP contribution in [-0.4, -0.2) is 7.11 Å². The third-order valence-electron chi connectivity index (χ3n) is 2.90. The van der Waals surface area contributed by atoms with Gasteiger partial charge in [-0.05, 0) is 29.7 Å². The van der Waals surface area contributed by atoms with E-state index in [-0.39, 0.29) is 0 Å². The van der Waals surface area contributed by atoms with E-state index in [2.05, 4.69) is 22.0 Å². The molecule has 2 aromatic carbocycles. The predicted molar refractivity (Wildman–Crippen MR) is 81.1 cm³/mol. The van der Waals surface area contributed by atoms with Crippen molar-refractivity contribution in [2.75, 3.05) is 7.11 Å². The number of hydrogen-bond donors (Lipinski definition) is 0. The zero-order chi connectivity index (χ0) is 13.7. The summed E-state index contributed by atoms with van der Waals surface area (Å²) in [6, 6.07) is 14.2. The van der Waals surface area contributed by atoms with Crippen LogP contribution in [0, 0.1) is 6.92 Å². The van der Waals surface area contributed by atoms with E-state index in [1.807, 2.05) is 43.3 Å². The van der Waals surface area contributed by atoms with Crippen molar-refractivity contribution < 1.29 is 9.47 Å². The number of hydrogen-bond acceptors (Lipinski definition) is 2. The van der Waals surface area contributed by atoms with Crippen molar-refractivity contribution in [3.8, 4) is 11.5 Å². The van der Waals surface area contributed by atoms with Gasteiger partial charge in [0.2, 0.25) is 0 Å². The maximum atomic E-state index is 5.89. The summed E-state index contributed by atoms with van der Waals surface area (Å²) < 4.78 is 11.3. The zero-order valence-electron chi connectivity index (χ0n) is 11.2. The van der Waals surface area contributed by atoms with E-state index in [9.17, 15) is 0 Å². The third kappa shape index (κ3) is 3.51. The van der Waals surface area contributed by atoms with Crippen LogP contribution in [0.1, 0.15) is 16.7 Å². The highest BCUT2D eigenvalue weighted by Crippen LogP contribution is 2.33. The molecule has 0 aliphatic heterocycles. The fourth-order valence-corrected chi connectivity index (χ4v) is 2.32. The Morgan fingerprint density at radius 2 is 1.79 bits per heavy atom. The molecule has 2 nitrogen and oxygen atoms in total. The molecule has 0 fully saturated rings. The van der Waals surface area contributed by atoms with Gasteiger partial charge in [-0.25, -0.2) is 0 Å². The molecule has 0 bridgehead atoms. The van der Waals surface area contributed by atoms with Crippen LogP contribution >= 0.6 is 15.9 Å². The monoisotopic (exact) mass is 320 g/mol. The van der Waals surface area contributed by atoms with Crippen LogP contribution in [-0.2, 0) is 11.9 Å². The molecule has 3 heteroatoms. The fraction of sp³-hybridized carbons (Fsp3) is 0.250. The SMILES string of the molecule is COc1c(C)cc(CBr)cc1OCc1ccccc1. The molecule has 0 spiro atoms. The number of methoxy groups -OCH3 is 1. The highest BCUT2D eigenvalue weighted by molar-refractivity contribution is 9.08. The smallest absolute Gasteiger partial charge is 0.163 e. The maximum Gasteiger partial charge on any atom is 0.163 e. The van der Waals surface area contributed by atoms with Crippen LogP contribution in [0.3, 0.4) is 0 Å². The first kappa shape index (κ1) is 13.9. The van der Waals surface area contributed by atoms with E-state index in [0.717, 1.165) is 28.0 Å². The highest BCUT2D eigenvalue weighted by Gasteiger charge is 2.10. The van der Waals surface area contributed by atoms with Crippen molar-refractivity contribution in [2.45, 2.75) is 18.9 Å². The summed E-state index contributed by atoms with van der Waals surface area (Å²) in [4.78, 5) is 0. The van der Waals surface area contributed by atoms with Crippen molar-refractivity contribution in [2.24, 2.45) is 0 Å². The number of alkyl halides is 1. The average Bonchev–Trinajstić information content (AvgIpc) is 2.45. The van der Waals surface area contributed by atoms with Crippen LogP contribution in [0.4, 0.5) is 0 Å². The number of ether oxygens (including phenoxy) is 2. The summed E-state index contributed by atoms with van der Waals surface area (Å²) in [5, 5.41) is 0.805. The minimum atomic E-state index is 0.544. The predicted octanol–water partition coefficient (Wildman–Crippen LogP) is 4.48. The number of benzene rings is 2. The van der Waals surface area contributed by atoms with Crippen LogP contribution < -0.4 is 9.47 Å². The summed E-state index contributed by atoms with van der Waals surface area (Å²) in [7, 11) is 1.67. The lowest BCUT2D eigenvalue weighted by Crippen LogP contribution is -1.99. The Balaban J connectivity index is 2.21. The molecule has 19 heavy (non-hydrogen) atoms. The van der Waals surface area contributed by atoms with Gasteiger partial charge in [-0.2, -0.15) is 0 Å². The van der Waals surface area contributed by atoms with Crippen molar-refractivity contribution in [3.63, 3.8) is 0 Å². The molecule has 2 rings (SSSR count). The standard InChI is InChI=1S/C16H17BrO2/c1-12-8-14(10-17)9-15(16(12)18-2)19-11-13-6-4-3-5-7-13/h3-9H,10-11H2,1-2H3. The first-order valence-electron chi connectivity index (χ1n) is 6.14. The minimum Gasteiger partial charge on any atom is -0.493 e. The van der Waals surface area contributed by atoms with E-state index in [0.29, 0.717) is 6.61 Å². The van der Waals surface area contributed by atoms with Crippen molar-refractivity contribution >= 4 is 15.9 Å². The molecule has 0 heterocycles. The van der Waals surface area contributed by atoms with Crippen molar-refractivity contribution in [1.82, 2.24) is 0 Å². The second kappa shape index (κ2) is 6.62. The molecule has 0 N–H and O–H groups in total. The molecular formula is C16H17BrO2. The summed E-state index contributed by atoms with van der Waals surface area (Å²) >= 11 is 3.47. The Morgan fingerprint density at radius 1 is 1.05 bits per heavy atom. The first-order chi connectivity index (χ1) is 9.24. The Kier molecular flexibility index (Phi) is 4.86. The van der Waals surface area contributed by atoms with Gasteiger partial charge in [0, 0.05) is 5.33 Å². The second-order valence-electron chi connectivity index (χ2n) is 4.35. The molecule has 0 aromatic heterocycles. The van der Waals surface area contributed by atoms with Crippen LogP contribution in [0.5, 0.6) is 11.5 Å². The molecule has 0 unspecified atom stereocenters. The van der Waals surface area contributed by atoms with Gasteiger partial charge in [-0.3, -0.25) is 0 Å². The molecule has 0 amide bonds. The molecule has 0 saturated carbocycles. The van der Waals surface area contributed by atoms with E-state index < -0.39 is 0 Å². The third-order valence-corrected chi connectivity index (χ3v) is 3.54. The van der Waals surface area contributed by atoms with Crippen LogP contribution in [0.2, 0.25) is 0 Å².